The van der Waals surface area contributed by atoms with Gasteiger partial charge in [-0.15, -0.1) is 0 Å². The minimum Gasteiger partial charge on any atom is -0.370 e. The number of nitrogens with one attached hydrogen (secondary N) is 2. The molecular weight excluding hydrogens is 452 g/mol. The molecule has 32 heavy (non-hydrogen) atoms. The predicted octanol–water partition coefficient (Wildman–Crippen LogP) is 1.69. The van der Waals surface area contributed by atoms with Crippen LogP contribution >= 0.6 is 11.6 Å². The van der Waals surface area contributed by atoms with Gasteiger partial charge in [0, 0.05) is 37.3 Å². The molecule has 1 heterocycles. The normalized spacial score (nSPS) is 13.5. The van der Waals surface area contributed by atoms with Crippen LogP contribution in [0.15, 0.2) is 58.4 Å². The Labute approximate surface area is 193 Å². The first-order valence-electron chi connectivity index (χ1n) is 10.2. The van der Waals surface area contributed by atoms with Crippen molar-refractivity contribution in [3.05, 3.63) is 64.7 Å². The van der Waals surface area contributed by atoms with Crippen molar-refractivity contribution in [2.45, 2.75) is 11.4 Å². The third kappa shape index (κ3) is 7.03. The summed E-state index contributed by atoms with van der Waals surface area (Å²) >= 11 is 5.85. The largest absolute Gasteiger partial charge is 0.370 e. The van der Waals surface area contributed by atoms with E-state index in [-0.39, 0.29) is 29.9 Å². The van der Waals surface area contributed by atoms with Gasteiger partial charge in [0.2, 0.25) is 5.91 Å². The summed E-state index contributed by atoms with van der Waals surface area (Å²) in [6.07, 6.45) is 0. The van der Waals surface area contributed by atoms with Crippen molar-refractivity contribution < 1.29 is 17.9 Å². The summed E-state index contributed by atoms with van der Waals surface area (Å²) < 4.78 is 29.9. The van der Waals surface area contributed by atoms with E-state index in [4.69, 9.17) is 16.3 Å². The second kappa shape index (κ2) is 11.4. The zero-order valence-electron chi connectivity index (χ0n) is 17.9. The fraction of sp³-hybridized carbons (Fsp3) is 0.364. The molecule has 8 nitrogen and oxygen atoms in total. The van der Waals surface area contributed by atoms with Gasteiger partial charge in [0.1, 0.15) is 18.3 Å². The number of carbonyl (C=O) groups excluding carboxylic acids is 1. The number of aliphatic imine (C=N–C) groups is 1. The van der Waals surface area contributed by atoms with Gasteiger partial charge in [-0.3, -0.25) is 9.79 Å². The molecule has 2 N–H and O–H groups in total. The van der Waals surface area contributed by atoms with E-state index in [9.17, 15) is 13.2 Å². The highest BCUT2D eigenvalue weighted by Gasteiger charge is 2.14. The van der Waals surface area contributed by atoms with Crippen LogP contribution in [0, 0.1) is 0 Å². The van der Waals surface area contributed by atoms with Crippen LogP contribution in [0.3, 0.4) is 0 Å². The first kappa shape index (κ1) is 24.2. The zero-order valence-corrected chi connectivity index (χ0v) is 19.5. The third-order valence-electron chi connectivity index (χ3n) is 4.84. The summed E-state index contributed by atoms with van der Waals surface area (Å²) in [6, 6.07) is 14.1. The number of amides is 1. The van der Waals surface area contributed by atoms with E-state index in [1.807, 2.05) is 24.3 Å². The molecule has 0 radical (unpaired) electrons. The van der Waals surface area contributed by atoms with E-state index in [0.29, 0.717) is 18.1 Å². The van der Waals surface area contributed by atoms with Crippen molar-refractivity contribution in [3.63, 3.8) is 0 Å². The van der Waals surface area contributed by atoms with Crippen molar-refractivity contribution in [3.8, 4) is 0 Å². The fourth-order valence-corrected chi connectivity index (χ4v) is 4.51. The van der Waals surface area contributed by atoms with E-state index in [1.54, 1.807) is 24.1 Å². The van der Waals surface area contributed by atoms with Crippen molar-refractivity contribution in [2.75, 3.05) is 45.8 Å². The molecule has 0 aliphatic carbocycles. The highest BCUT2D eigenvalue weighted by molar-refractivity contribution is 7.91. The standard InChI is InChI=1S/C22H27ClN4O4S/c1-27(14-17-5-7-18(8-6-17)22-25-9-10-26-22)21(28)15-31-12-11-24-16-32(29,30)20-4-2-3-19(23)13-20/h2-8,13,24H,9-12,14-16H2,1H3,(H,25,26). The van der Waals surface area contributed by atoms with Gasteiger partial charge >= 0.3 is 0 Å². The van der Waals surface area contributed by atoms with Gasteiger partial charge in [-0.05, 0) is 23.8 Å². The lowest BCUT2D eigenvalue weighted by Crippen LogP contribution is -2.32. The van der Waals surface area contributed by atoms with Gasteiger partial charge in [0.25, 0.3) is 0 Å². The number of sulfone groups is 1. The number of rotatable bonds is 11. The second-order valence-electron chi connectivity index (χ2n) is 7.37. The molecule has 172 valence electrons. The van der Waals surface area contributed by atoms with Crippen molar-refractivity contribution in [1.29, 1.82) is 0 Å². The predicted molar refractivity (Wildman–Crippen MR) is 125 cm³/mol. The Kier molecular flexibility index (Phi) is 8.63. The molecule has 2 aromatic carbocycles. The summed E-state index contributed by atoms with van der Waals surface area (Å²) in [5, 5.41) is 6.42. The SMILES string of the molecule is CN(Cc1ccc(C2=NCCN2)cc1)C(=O)COCCNCS(=O)(=O)c1cccc(Cl)c1. The van der Waals surface area contributed by atoms with Crippen LogP contribution in [0.5, 0.6) is 0 Å². The summed E-state index contributed by atoms with van der Waals surface area (Å²) in [5.41, 5.74) is 2.05. The van der Waals surface area contributed by atoms with Crippen LogP contribution in [0.25, 0.3) is 0 Å². The van der Waals surface area contributed by atoms with Crippen molar-refractivity contribution >= 4 is 33.2 Å². The zero-order chi connectivity index (χ0) is 23.0. The van der Waals surface area contributed by atoms with E-state index >= 15 is 0 Å². The average Bonchev–Trinajstić information content (AvgIpc) is 3.31. The molecular formula is C22H27ClN4O4S. The molecule has 0 atom stereocenters. The monoisotopic (exact) mass is 478 g/mol. The lowest BCUT2D eigenvalue weighted by atomic mass is 10.1. The Balaban J connectivity index is 1.34. The highest BCUT2D eigenvalue weighted by atomic mass is 35.5. The van der Waals surface area contributed by atoms with Gasteiger partial charge < -0.3 is 20.3 Å². The van der Waals surface area contributed by atoms with Crippen molar-refractivity contribution in [2.24, 2.45) is 4.99 Å². The first-order valence-corrected chi connectivity index (χ1v) is 12.3. The summed E-state index contributed by atoms with van der Waals surface area (Å²) in [4.78, 5) is 18.4. The number of carbonyl (C=O) groups is 1. The van der Waals surface area contributed by atoms with Crippen LogP contribution in [0.1, 0.15) is 11.1 Å². The maximum absolute atomic E-state index is 12.3. The average molecular weight is 479 g/mol. The Morgan fingerprint density at radius 3 is 2.72 bits per heavy atom. The summed E-state index contributed by atoms with van der Waals surface area (Å²) in [7, 11) is -1.76. The number of hydrogen-bond acceptors (Lipinski definition) is 7. The third-order valence-corrected chi connectivity index (χ3v) is 6.63. The Morgan fingerprint density at radius 2 is 2.03 bits per heavy atom. The molecule has 3 rings (SSSR count). The Morgan fingerprint density at radius 1 is 1.25 bits per heavy atom. The van der Waals surface area contributed by atoms with E-state index in [2.05, 4.69) is 15.6 Å². The first-order chi connectivity index (χ1) is 15.3. The van der Waals surface area contributed by atoms with E-state index in [1.165, 1.54) is 12.1 Å². The lowest BCUT2D eigenvalue weighted by Gasteiger charge is -2.17. The second-order valence-corrected chi connectivity index (χ2v) is 9.80. The molecule has 1 aliphatic rings. The fourth-order valence-electron chi connectivity index (χ4n) is 3.09. The number of nitrogens with zero attached hydrogens (tertiary/aromatic N) is 2. The molecule has 0 saturated heterocycles. The van der Waals surface area contributed by atoms with E-state index in [0.717, 1.165) is 30.1 Å². The lowest BCUT2D eigenvalue weighted by molar-refractivity contribution is -0.135. The maximum atomic E-state index is 12.3. The molecule has 10 heteroatoms. The number of halogens is 1. The van der Waals surface area contributed by atoms with Crippen LogP contribution in [0.4, 0.5) is 0 Å². The number of likely N-dealkylation sites (N-methyl/N-ethyl adjacent to an activating group) is 1. The molecule has 1 aliphatic heterocycles. The number of hydrogen-bond donors (Lipinski definition) is 2. The Bertz CT molecular complexity index is 1060. The highest BCUT2D eigenvalue weighted by Crippen LogP contribution is 2.16. The molecule has 0 saturated carbocycles. The topological polar surface area (TPSA) is 100 Å². The van der Waals surface area contributed by atoms with Crippen LogP contribution in [0.2, 0.25) is 5.02 Å². The van der Waals surface area contributed by atoms with Gasteiger partial charge in [0.15, 0.2) is 9.84 Å². The van der Waals surface area contributed by atoms with Gasteiger partial charge in [-0.25, -0.2) is 8.42 Å². The Hall–Kier alpha value is -2.46. The molecule has 1 amide bonds. The quantitative estimate of drug-likeness (QED) is 0.477. The summed E-state index contributed by atoms with van der Waals surface area (Å²) in [6.45, 7) is 2.57. The van der Waals surface area contributed by atoms with Crippen LogP contribution in [-0.2, 0) is 25.9 Å². The van der Waals surface area contributed by atoms with Crippen molar-refractivity contribution in [1.82, 2.24) is 15.5 Å². The summed E-state index contributed by atoms with van der Waals surface area (Å²) in [5.74, 6) is 0.522. The van der Waals surface area contributed by atoms with Crippen LogP contribution < -0.4 is 10.6 Å². The molecule has 0 bridgehead atoms. The molecule has 0 unspecified atom stereocenters. The van der Waals surface area contributed by atoms with E-state index < -0.39 is 9.84 Å². The van der Waals surface area contributed by atoms with Gasteiger partial charge in [-0.1, -0.05) is 41.9 Å². The van der Waals surface area contributed by atoms with Gasteiger partial charge in [0.05, 0.1) is 18.0 Å². The maximum Gasteiger partial charge on any atom is 0.248 e. The number of ether oxygens (including phenoxy) is 1. The molecule has 0 aromatic heterocycles. The molecule has 2 aromatic rings. The van der Waals surface area contributed by atoms with Crippen LogP contribution in [-0.4, -0.2) is 70.8 Å². The minimum absolute atomic E-state index is 0.0714. The molecule has 0 spiro atoms. The molecule has 0 fully saturated rings. The number of amidine groups is 1. The number of benzene rings is 2. The van der Waals surface area contributed by atoms with Gasteiger partial charge in [-0.2, -0.15) is 0 Å². The smallest absolute Gasteiger partial charge is 0.248 e. The minimum atomic E-state index is -3.48.